The molecule has 1 fully saturated rings. The molecular weight excluding hydrogens is 840 g/mol. The van der Waals surface area contributed by atoms with Gasteiger partial charge in [-0.1, -0.05) is 13.8 Å². The number of aliphatic carboxylic acids is 8. The molecule has 0 aromatic rings. The Morgan fingerprint density at radius 2 is 1.20 bits per heavy atom. The molecule has 0 saturated carbocycles. The van der Waals surface area contributed by atoms with Gasteiger partial charge in [0.05, 0.1) is 48.2 Å². The molecule has 5 heterocycles. The second kappa shape index (κ2) is 17.6. The van der Waals surface area contributed by atoms with Gasteiger partial charge in [-0.25, -0.2) is 0 Å². The summed E-state index contributed by atoms with van der Waals surface area (Å²) in [6.07, 6.45) is -4.36. The molecule has 8 bridgehead atoms. The monoisotopic (exact) mass is 894 g/mol. The third-order valence-electron chi connectivity index (χ3n) is 14.1. The molecule has 0 radical (unpaired) electrons. The molecule has 20 nitrogen and oxygen atoms in total. The molecule has 0 aromatic heterocycles. The number of aliphatic imine (C=N–C) groups is 3. The zero-order valence-electron chi connectivity index (χ0n) is 36.2. The van der Waals surface area contributed by atoms with E-state index in [9.17, 15) is 79.2 Å². The van der Waals surface area contributed by atoms with Gasteiger partial charge in [-0.15, -0.1) is 0 Å². The first-order chi connectivity index (χ1) is 29.6. The highest BCUT2D eigenvalue weighted by Crippen LogP contribution is 2.60. The van der Waals surface area contributed by atoms with Gasteiger partial charge in [0.2, 0.25) is 0 Å². The van der Waals surface area contributed by atoms with Crippen LogP contribution < -0.4 is 5.32 Å². The number of allylic oxidation sites excluding steroid dienone is 4. The van der Waals surface area contributed by atoms with E-state index in [2.05, 4.69) is 5.32 Å². The van der Waals surface area contributed by atoms with Crippen LogP contribution in [0.1, 0.15) is 125 Å². The summed E-state index contributed by atoms with van der Waals surface area (Å²) in [6.45, 7) is 7.93. The first-order valence-electron chi connectivity index (χ1n) is 20.8. The maximum atomic E-state index is 13.0. The summed E-state index contributed by atoms with van der Waals surface area (Å²) in [4.78, 5) is 115. The molecule has 0 aromatic carbocycles. The largest absolute Gasteiger partial charge is 0.481 e. The van der Waals surface area contributed by atoms with Crippen molar-refractivity contribution in [2.45, 2.75) is 136 Å². The number of nitrogens with zero attached hydrogens (tertiary/aromatic N) is 3. The number of nitrogens with one attached hydrogen (secondary N) is 1. The van der Waals surface area contributed by atoms with Gasteiger partial charge >= 0.3 is 47.8 Å². The summed E-state index contributed by atoms with van der Waals surface area (Å²) in [5, 5.41) is 84.7. The summed E-state index contributed by atoms with van der Waals surface area (Å²) in [5.74, 6) is -11.1. The van der Waals surface area contributed by atoms with Crippen molar-refractivity contribution in [3.63, 3.8) is 0 Å². The van der Waals surface area contributed by atoms with E-state index < -0.39 is 132 Å². The van der Waals surface area contributed by atoms with Crippen LogP contribution in [0.5, 0.6) is 0 Å². The number of carbonyl (C=O) groups is 8. The topological polar surface area (TPSA) is 348 Å². The second-order valence-corrected chi connectivity index (χ2v) is 18.3. The van der Waals surface area contributed by atoms with Gasteiger partial charge in [0.1, 0.15) is 0 Å². The van der Waals surface area contributed by atoms with Crippen LogP contribution in [-0.2, 0) is 38.4 Å². The first-order valence-corrected chi connectivity index (χ1v) is 20.8. The highest BCUT2D eigenvalue weighted by molar-refractivity contribution is 6.18. The molecule has 9 N–H and O–H groups in total. The first kappa shape index (κ1) is 48.6. The molecule has 64 heavy (non-hydrogen) atoms. The normalized spacial score (nSPS) is 30.4. The van der Waals surface area contributed by atoms with Crippen LogP contribution in [0.3, 0.4) is 0 Å². The average Bonchev–Trinajstić information content (AvgIpc) is 3.72. The fraction of sp³-hybridized carbons (Fsp3) is 0.568. The standard InChI is InChI=1S/C44H54N4O16/c1-40(13-12-34(55)56)25(15-36(59)60)39-44(5)42(3,20-38(63)64)23(8-11-33(53)54)27(48-44)17-30-41(2,19-37(61)62)22(7-10-32(51)52)28(45-30)18-43(4)24(14-35(57)58)21(6-9-31(49)50)26(47-43)16-29(40)46-39/h17,23,48H,6-16,18-20H2,1-5H3,(H,49,50)(H,51,52)(H,53,54)(H,55,56)(H,57,58)(H,59,60)(H,61,62)(H,63,64)/b27-17-/t23-,40-,41+,42+,43?,44+/m1/s1. The van der Waals surface area contributed by atoms with Gasteiger partial charge in [0.15, 0.2) is 0 Å². The molecule has 0 spiro atoms. The zero-order valence-corrected chi connectivity index (χ0v) is 36.2. The lowest BCUT2D eigenvalue weighted by molar-refractivity contribution is -0.142. The molecule has 6 atom stereocenters. The highest BCUT2D eigenvalue weighted by Gasteiger charge is 2.63. The molecular formula is C44H54N4O16. The second-order valence-electron chi connectivity index (χ2n) is 18.3. The van der Waals surface area contributed by atoms with Crippen molar-refractivity contribution in [1.82, 2.24) is 5.32 Å². The number of carboxylic acid groups (broad SMARTS) is 8. The molecule has 5 aliphatic heterocycles. The molecule has 5 rings (SSSR count). The van der Waals surface area contributed by atoms with Crippen LogP contribution >= 0.6 is 0 Å². The fourth-order valence-corrected chi connectivity index (χ4v) is 10.7. The van der Waals surface area contributed by atoms with Crippen LogP contribution in [0.25, 0.3) is 0 Å². The van der Waals surface area contributed by atoms with Gasteiger partial charge in [-0.2, -0.15) is 0 Å². The number of hydrogen-bond donors (Lipinski definition) is 9. The third kappa shape index (κ3) is 9.12. The number of fused-ring (bicyclic) bond motifs is 6. The Balaban J connectivity index is 1.99. The molecule has 5 aliphatic rings. The van der Waals surface area contributed by atoms with Gasteiger partial charge in [-0.3, -0.25) is 53.3 Å². The van der Waals surface area contributed by atoms with Crippen molar-refractivity contribution in [3.05, 3.63) is 45.5 Å². The van der Waals surface area contributed by atoms with Gasteiger partial charge in [0.25, 0.3) is 0 Å². The minimum Gasteiger partial charge on any atom is -0.481 e. The van der Waals surface area contributed by atoms with Crippen molar-refractivity contribution in [3.8, 4) is 0 Å². The Morgan fingerprint density at radius 3 is 1.75 bits per heavy atom. The summed E-state index contributed by atoms with van der Waals surface area (Å²) < 4.78 is 0. The number of carboxylic acids is 8. The zero-order chi connectivity index (χ0) is 47.9. The molecule has 346 valence electrons. The Morgan fingerprint density at radius 1 is 0.641 bits per heavy atom. The average molecular weight is 895 g/mol. The van der Waals surface area contributed by atoms with E-state index in [1.807, 2.05) is 0 Å². The van der Waals surface area contributed by atoms with Crippen LogP contribution in [0.2, 0.25) is 0 Å². The minimum atomic E-state index is -1.69. The predicted octanol–water partition coefficient (Wildman–Crippen LogP) is 4.95. The van der Waals surface area contributed by atoms with Gasteiger partial charge in [0, 0.05) is 83.5 Å². The highest BCUT2D eigenvalue weighted by atomic mass is 16.4. The van der Waals surface area contributed by atoms with Crippen LogP contribution in [0.4, 0.5) is 0 Å². The maximum absolute atomic E-state index is 13.0. The Kier molecular flexibility index (Phi) is 13.4. The number of rotatable bonds is 20. The van der Waals surface area contributed by atoms with Crippen LogP contribution in [0, 0.1) is 22.2 Å². The van der Waals surface area contributed by atoms with Crippen molar-refractivity contribution in [2.24, 2.45) is 37.1 Å². The molecule has 20 heteroatoms. The maximum Gasteiger partial charge on any atom is 0.307 e. The van der Waals surface area contributed by atoms with Crippen molar-refractivity contribution >= 4 is 64.9 Å². The fourth-order valence-electron chi connectivity index (χ4n) is 10.7. The lowest BCUT2D eigenvalue weighted by Crippen LogP contribution is -2.51. The smallest absolute Gasteiger partial charge is 0.307 e. The Labute approximate surface area is 367 Å². The van der Waals surface area contributed by atoms with E-state index in [1.54, 1.807) is 34.6 Å². The molecule has 0 aliphatic carbocycles. The van der Waals surface area contributed by atoms with Gasteiger partial charge in [-0.05, 0) is 74.8 Å². The van der Waals surface area contributed by atoms with E-state index in [-0.39, 0.29) is 95.0 Å². The van der Waals surface area contributed by atoms with Crippen molar-refractivity contribution in [1.29, 1.82) is 0 Å². The summed E-state index contributed by atoms with van der Waals surface area (Å²) >= 11 is 0. The van der Waals surface area contributed by atoms with Gasteiger partial charge < -0.3 is 46.2 Å². The molecule has 0 amide bonds. The Bertz CT molecular complexity index is 2350. The van der Waals surface area contributed by atoms with Crippen LogP contribution in [0.15, 0.2) is 60.4 Å². The lowest BCUT2D eigenvalue weighted by Gasteiger charge is -2.43. The molecule has 1 saturated heterocycles. The quantitative estimate of drug-likeness (QED) is 0.0781. The van der Waals surface area contributed by atoms with E-state index in [0.29, 0.717) is 0 Å². The summed E-state index contributed by atoms with van der Waals surface area (Å²) in [5.41, 5.74) is -6.10. The van der Waals surface area contributed by atoms with E-state index >= 15 is 0 Å². The molecule has 1 unspecified atom stereocenters. The summed E-state index contributed by atoms with van der Waals surface area (Å²) in [6, 6.07) is 0. The van der Waals surface area contributed by atoms with E-state index in [0.717, 1.165) is 0 Å². The predicted molar refractivity (Wildman–Crippen MR) is 225 cm³/mol. The number of hydrogen-bond acceptors (Lipinski definition) is 12. The summed E-state index contributed by atoms with van der Waals surface area (Å²) in [7, 11) is 0. The van der Waals surface area contributed by atoms with Crippen molar-refractivity contribution < 1.29 is 79.2 Å². The van der Waals surface area contributed by atoms with E-state index in [1.165, 1.54) is 6.08 Å². The minimum absolute atomic E-state index is 0.0333. The SMILES string of the molecule is CC12CC3=C(CCC(=O)O)[C@](C)(CC(=O)O)C(=N3)/C=C3\N[C@@](C)(C4=C(CC(=O)O)[C@@](C)(CCC(=O)O)C(=N4)CC(=N1)C(CCC(=O)O)=C2CC(=O)O)[C@@](C)(CC(=O)O)[C@@H]3CCC(=O)O. The lowest BCUT2D eigenvalue weighted by atomic mass is 9.61. The third-order valence-corrected chi connectivity index (χ3v) is 14.1. The van der Waals surface area contributed by atoms with E-state index in [4.69, 9.17) is 15.0 Å². The van der Waals surface area contributed by atoms with Crippen molar-refractivity contribution in [2.75, 3.05) is 0 Å². The Hall–Kier alpha value is -6.47. The van der Waals surface area contributed by atoms with Crippen LogP contribution in [-0.4, -0.2) is 117 Å².